The Bertz CT molecular complexity index is 973. The predicted octanol–water partition coefficient (Wildman–Crippen LogP) is 1.65. The summed E-state index contributed by atoms with van der Waals surface area (Å²) in [5, 5.41) is 9.87. The maximum atomic E-state index is 12.4. The molecule has 13 heteroatoms. The second-order valence-corrected chi connectivity index (χ2v) is 7.21. The molecule has 0 atom stereocenters. The number of alkyl halides is 3. The molecule has 0 aromatic carbocycles. The molecule has 0 bridgehead atoms. The van der Waals surface area contributed by atoms with Gasteiger partial charge in [-0.3, -0.25) is 14.3 Å². The van der Waals surface area contributed by atoms with Gasteiger partial charge in [0.15, 0.2) is 0 Å². The number of aliphatic carboxylic acids is 1. The number of furan rings is 1. The van der Waals surface area contributed by atoms with Crippen LogP contribution in [0.1, 0.15) is 23.5 Å². The lowest BCUT2D eigenvalue weighted by molar-refractivity contribution is -0.192. The van der Waals surface area contributed by atoms with Crippen molar-refractivity contribution >= 4 is 12.0 Å². The zero-order valence-electron chi connectivity index (χ0n) is 17.6. The molecule has 2 aromatic heterocycles. The third-order valence-corrected chi connectivity index (χ3v) is 4.42. The van der Waals surface area contributed by atoms with E-state index in [4.69, 9.17) is 14.3 Å². The molecule has 2 N–H and O–H groups in total. The topological polar surface area (TPSA) is 121 Å². The average molecular weight is 459 g/mol. The molecule has 10 nitrogen and oxygen atoms in total. The minimum Gasteiger partial charge on any atom is -0.475 e. The number of urea groups is 1. The van der Waals surface area contributed by atoms with Crippen molar-refractivity contribution in [3.05, 3.63) is 52.1 Å². The lowest BCUT2D eigenvalue weighted by atomic mass is 10.3. The second-order valence-electron chi connectivity index (χ2n) is 7.21. The number of carboxylic acids is 1. The molecule has 3 rings (SSSR count). The highest BCUT2D eigenvalue weighted by Gasteiger charge is 2.38. The summed E-state index contributed by atoms with van der Waals surface area (Å²) < 4.78 is 38.6. The van der Waals surface area contributed by atoms with Crippen LogP contribution in [-0.2, 0) is 31.0 Å². The van der Waals surface area contributed by atoms with Gasteiger partial charge < -0.3 is 19.7 Å². The van der Waals surface area contributed by atoms with Crippen molar-refractivity contribution in [1.29, 1.82) is 0 Å². The van der Waals surface area contributed by atoms with Crippen LogP contribution in [0.25, 0.3) is 0 Å². The van der Waals surface area contributed by atoms with Crippen LogP contribution in [0.15, 0.2) is 33.9 Å². The van der Waals surface area contributed by atoms with Crippen LogP contribution in [0.2, 0.25) is 0 Å². The number of nitrogens with zero attached hydrogens (tertiary/aromatic N) is 4. The largest absolute Gasteiger partial charge is 0.490 e. The van der Waals surface area contributed by atoms with Gasteiger partial charge in [0.25, 0.3) is 5.56 Å². The number of carbonyl (C=O) groups is 2. The van der Waals surface area contributed by atoms with Crippen molar-refractivity contribution in [3.8, 4) is 0 Å². The number of rotatable bonds is 4. The number of fused-ring (bicyclic) bond motifs is 1. The van der Waals surface area contributed by atoms with Gasteiger partial charge in [-0.2, -0.15) is 13.2 Å². The van der Waals surface area contributed by atoms with Gasteiger partial charge in [0, 0.05) is 45.4 Å². The SMILES string of the molecule is CN(C)C(=O)NCc1cc(=O)n2c(n1)CN(Cc1ccoc1)CCC2.O=C(O)C(F)(F)F. The van der Waals surface area contributed by atoms with Gasteiger partial charge in [0.2, 0.25) is 0 Å². The standard InChI is InChI=1S/C17H23N5O3.C2HF3O2/c1-20(2)17(24)18-9-14-8-16(23)22-6-3-5-21(11-15(22)19-14)10-13-4-7-25-12-13;3-2(4,5)1(6)7/h4,7-8,12H,3,5-6,9-11H2,1-2H3,(H,18,24);(H,6,7). The summed E-state index contributed by atoms with van der Waals surface area (Å²) >= 11 is 0. The quantitative estimate of drug-likeness (QED) is 0.713. The predicted molar refractivity (Wildman–Crippen MR) is 106 cm³/mol. The monoisotopic (exact) mass is 459 g/mol. The summed E-state index contributed by atoms with van der Waals surface area (Å²) in [7, 11) is 3.34. The van der Waals surface area contributed by atoms with Crippen molar-refractivity contribution in [1.82, 2.24) is 24.7 Å². The molecule has 0 spiro atoms. The summed E-state index contributed by atoms with van der Waals surface area (Å²) in [4.78, 5) is 41.3. The Morgan fingerprint density at radius 1 is 1.31 bits per heavy atom. The van der Waals surface area contributed by atoms with Crippen molar-refractivity contribution in [2.75, 3.05) is 20.6 Å². The second kappa shape index (κ2) is 10.8. The molecule has 2 aromatic rings. The van der Waals surface area contributed by atoms with Crippen molar-refractivity contribution in [2.45, 2.75) is 38.8 Å². The fourth-order valence-electron chi connectivity index (χ4n) is 2.89. The van der Waals surface area contributed by atoms with Crippen molar-refractivity contribution < 1.29 is 32.3 Å². The Morgan fingerprint density at radius 3 is 2.56 bits per heavy atom. The smallest absolute Gasteiger partial charge is 0.475 e. The Labute approximate surface area is 181 Å². The third kappa shape index (κ3) is 7.41. The van der Waals surface area contributed by atoms with E-state index in [9.17, 15) is 22.8 Å². The lowest BCUT2D eigenvalue weighted by Gasteiger charge is -2.19. The Morgan fingerprint density at radius 2 is 2.00 bits per heavy atom. The van der Waals surface area contributed by atoms with E-state index in [0.29, 0.717) is 18.8 Å². The number of hydrogen-bond donors (Lipinski definition) is 2. The molecular weight excluding hydrogens is 435 g/mol. The first-order valence-electron chi connectivity index (χ1n) is 9.55. The van der Waals surface area contributed by atoms with Crippen LogP contribution in [-0.4, -0.2) is 63.3 Å². The number of aromatic nitrogens is 2. The van der Waals surface area contributed by atoms with Gasteiger partial charge in [0.05, 0.1) is 31.3 Å². The van der Waals surface area contributed by atoms with E-state index in [2.05, 4.69) is 15.2 Å². The molecule has 0 unspecified atom stereocenters. The van der Waals surface area contributed by atoms with Gasteiger partial charge in [-0.25, -0.2) is 14.6 Å². The van der Waals surface area contributed by atoms with Crippen LogP contribution < -0.4 is 10.9 Å². The molecule has 0 saturated heterocycles. The fraction of sp³-hybridized carbons (Fsp3) is 0.474. The minimum atomic E-state index is -5.08. The molecule has 0 radical (unpaired) electrons. The zero-order chi connectivity index (χ0) is 23.9. The summed E-state index contributed by atoms with van der Waals surface area (Å²) in [5.41, 5.74) is 1.62. The van der Waals surface area contributed by atoms with Crippen LogP contribution in [0.3, 0.4) is 0 Å². The van der Waals surface area contributed by atoms with Gasteiger partial charge in [-0.15, -0.1) is 0 Å². The molecule has 3 heterocycles. The Hall–Kier alpha value is -3.35. The van der Waals surface area contributed by atoms with Gasteiger partial charge in [-0.1, -0.05) is 0 Å². The molecule has 0 saturated carbocycles. The van der Waals surface area contributed by atoms with Gasteiger partial charge in [-0.05, 0) is 12.5 Å². The van der Waals surface area contributed by atoms with Gasteiger partial charge in [0.1, 0.15) is 5.82 Å². The molecular formula is C19H24F3N5O5. The van der Waals surface area contributed by atoms with E-state index in [1.165, 1.54) is 11.0 Å². The first-order chi connectivity index (χ1) is 15.0. The molecule has 0 fully saturated rings. The normalized spacial score (nSPS) is 13.9. The first kappa shape index (κ1) is 24.9. The number of nitrogens with one attached hydrogen (secondary N) is 1. The van der Waals surface area contributed by atoms with Gasteiger partial charge >= 0.3 is 18.2 Å². The first-order valence-corrected chi connectivity index (χ1v) is 9.55. The molecule has 0 aliphatic carbocycles. The third-order valence-electron chi connectivity index (χ3n) is 4.42. The summed E-state index contributed by atoms with van der Waals surface area (Å²) in [6.07, 6.45) is -0.795. The minimum absolute atomic E-state index is 0.0655. The highest BCUT2D eigenvalue weighted by molar-refractivity contribution is 5.73. The highest BCUT2D eigenvalue weighted by Crippen LogP contribution is 2.14. The molecule has 32 heavy (non-hydrogen) atoms. The highest BCUT2D eigenvalue weighted by atomic mass is 19.4. The van der Waals surface area contributed by atoms with Crippen LogP contribution >= 0.6 is 0 Å². The number of amides is 2. The fourth-order valence-corrected chi connectivity index (χ4v) is 2.89. The molecule has 1 aliphatic rings. The van der Waals surface area contributed by atoms with Crippen LogP contribution in [0.5, 0.6) is 0 Å². The summed E-state index contributed by atoms with van der Waals surface area (Å²) in [6, 6.07) is 3.24. The Kier molecular flexibility index (Phi) is 8.41. The summed E-state index contributed by atoms with van der Waals surface area (Å²) in [5.74, 6) is -2.02. The van der Waals surface area contributed by atoms with E-state index in [-0.39, 0.29) is 18.1 Å². The van der Waals surface area contributed by atoms with E-state index in [1.54, 1.807) is 31.2 Å². The molecule has 1 aliphatic heterocycles. The maximum absolute atomic E-state index is 12.4. The summed E-state index contributed by atoms with van der Waals surface area (Å²) in [6.45, 7) is 3.14. The van der Waals surface area contributed by atoms with Crippen molar-refractivity contribution in [3.63, 3.8) is 0 Å². The van der Waals surface area contributed by atoms with E-state index in [0.717, 1.165) is 30.9 Å². The maximum Gasteiger partial charge on any atom is 0.490 e. The average Bonchev–Trinajstić information content (AvgIpc) is 3.11. The van der Waals surface area contributed by atoms with E-state index < -0.39 is 12.1 Å². The number of hydrogen-bond acceptors (Lipinski definition) is 6. The van der Waals surface area contributed by atoms with E-state index >= 15 is 0 Å². The number of carbonyl (C=O) groups excluding carboxylic acids is 1. The zero-order valence-corrected chi connectivity index (χ0v) is 17.6. The molecule has 2 amide bonds. The van der Waals surface area contributed by atoms with Crippen molar-refractivity contribution in [2.24, 2.45) is 0 Å². The lowest BCUT2D eigenvalue weighted by Crippen LogP contribution is -2.35. The number of carboxylic acid groups (broad SMARTS) is 1. The molecule has 176 valence electrons. The van der Waals surface area contributed by atoms with Crippen LogP contribution in [0, 0.1) is 0 Å². The Balaban J connectivity index is 0.000000451. The number of halogens is 3. The van der Waals surface area contributed by atoms with E-state index in [1.807, 2.05) is 6.07 Å². The van der Waals surface area contributed by atoms with Crippen LogP contribution in [0.4, 0.5) is 18.0 Å².